The number of hydrogen-bond acceptors (Lipinski definition) is 5. The summed E-state index contributed by atoms with van der Waals surface area (Å²) in [6.07, 6.45) is 0. The van der Waals surface area contributed by atoms with Crippen LogP contribution in [0.2, 0.25) is 0 Å². The monoisotopic (exact) mass is 279 g/mol. The number of nitrogens with one attached hydrogen (secondary N) is 1. The van der Waals surface area contributed by atoms with Gasteiger partial charge in [0.1, 0.15) is 5.82 Å². The molecule has 0 bridgehead atoms. The Morgan fingerprint density at radius 2 is 1.67 bits per heavy atom. The number of anilines is 4. The quantitative estimate of drug-likeness (QED) is 0.721. The van der Waals surface area contributed by atoms with Crippen LogP contribution in [0.5, 0.6) is 0 Å². The van der Waals surface area contributed by atoms with Crippen molar-refractivity contribution < 1.29 is 0 Å². The lowest BCUT2D eigenvalue weighted by Gasteiger charge is -2.14. The second-order valence-corrected chi connectivity index (χ2v) is 5.03. The van der Waals surface area contributed by atoms with Crippen molar-refractivity contribution in [3.05, 3.63) is 48.5 Å². The van der Waals surface area contributed by atoms with Crippen molar-refractivity contribution in [2.75, 3.05) is 30.0 Å². The molecule has 2 aromatic carbocycles. The van der Waals surface area contributed by atoms with Crippen LogP contribution in [0.1, 0.15) is 0 Å². The second kappa shape index (κ2) is 5.28. The molecule has 5 heteroatoms. The number of aromatic nitrogens is 2. The minimum absolute atomic E-state index is 0.673. The number of nitrogens with two attached hydrogens (primary N) is 1. The topological polar surface area (TPSA) is 67.1 Å². The Kier molecular flexibility index (Phi) is 3.31. The van der Waals surface area contributed by atoms with E-state index >= 15 is 0 Å². The predicted molar refractivity (Wildman–Crippen MR) is 88.0 cm³/mol. The van der Waals surface area contributed by atoms with Gasteiger partial charge in [-0.15, -0.1) is 0 Å². The van der Waals surface area contributed by atoms with E-state index in [1.165, 1.54) is 0 Å². The summed E-state index contributed by atoms with van der Waals surface area (Å²) in [4.78, 5) is 11.0. The molecular weight excluding hydrogens is 262 g/mol. The molecular formula is C16H17N5. The van der Waals surface area contributed by atoms with E-state index in [9.17, 15) is 0 Å². The maximum Gasteiger partial charge on any atom is 0.227 e. The summed E-state index contributed by atoms with van der Waals surface area (Å²) in [5.41, 5.74) is 8.31. The molecule has 1 aromatic heterocycles. The average Bonchev–Trinajstić information content (AvgIpc) is 2.49. The third-order valence-corrected chi connectivity index (χ3v) is 3.16. The fourth-order valence-electron chi connectivity index (χ4n) is 2.06. The van der Waals surface area contributed by atoms with Crippen LogP contribution in [0, 0.1) is 0 Å². The fraction of sp³-hybridized carbons (Fsp3) is 0.125. The molecule has 0 aliphatic carbocycles. The molecule has 3 rings (SSSR count). The van der Waals surface area contributed by atoms with E-state index in [-0.39, 0.29) is 0 Å². The van der Waals surface area contributed by atoms with Crippen LogP contribution in [0.3, 0.4) is 0 Å². The summed E-state index contributed by atoms with van der Waals surface area (Å²) in [7, 11) is 3.86. The number of nitrogen functional groups attached to an aromatic ring is 1. The molecule has 0 fully saturated rings. The number of benzene rings is 2. The van der Waals surface area contributed by atoms with Gasteiger partial charge in [-0.3, -0.25) is 0 Å². The molecule has 3 aromatic rings. The van der Waals surface area contributed by atoms with Gasteiger partial charge in [-0.1, -0.05) is 12.1 Å². The number of fused-ring (bicyclic) bond motifs is 1. The second-order valence-electron chi connectivity index (χ2n) is 5.03. The summed E-state index contributed by atoms with van der Waals surface area (Å²) >= 11 is 0. The molecule has 21 heavy (non-hydrogen) atoms. The Balaban J connectivity index is 2.09. The molecule has 0 saturated carbocycles. The maximum atomic E-state index is 5.71. The van der Waals surface area contributed by atoms with Gasteiger partial charge in [-0.25, -0.2) is 4.98 Å². The molecule has 106 valence electrons. The molecule has 5 nitrogen and oxygen atoms in total. The van der Waals surface area contributed by atoms with Crippen molar-refractivity contribution in [2.45, 2.75) is 0 Å². The van der Waals surface area contributed by atoms with Gasteiger partial charge in [0.05, 0.1) is 5.52 Å². The number of rotatable bonds is 3. The van der Waals surface area contributed by atoms with Crippen LogP contribution in [0.15, 0.2) is 48.5 Å². The molecule has 0 aliphatic heterocycles. The summed E-state index contributed by atoms with van der Waals surface area (Å²) in [5, 5.41) is 4.32. The molecule has 0 saturated heterocycles. The predicted octanol–water partition coefficient (Wildman–Crippen LogP) is 3.02. The zero-order valence-corrected chi connectivity index (χ0v) is 12.0. The fourth-order valence-corrected chi connectivity index (χ4v) is 2.06. The van der Waals surface area contributed by atoms with Crippen molar-refractivity contribution in [3.63, 3.8) is 0 Å². The van der Waals surface area contributed by atoms with Gasteiger partial charge >= 0.3 is 0 Å². The van der Waals surface area contributed by atoms with Gasteiger partial charge in [0.15, 0.2) is 0 Å². The van der Waals surface area contributed by atoms with Crippen LogP contribution in [0.4, 0.5) is 23.1 Å². The van der Waals surface area contributed by atoms with E-state index in [1.54, 1.807) is 0 Å². The van der Waals surface area contributed by atoms with Crippen molar-refractivity contribution in [1.82, 2.24) is 9.97 Å². The minimum atomic E-state index is 0.673. The van der Waals surface area contributed by atoms with Gasteiger partial charge in [0, 0.05) is 30.9 Å². The highest BCUT2D eigenvalue weighted by Gasteiger charge is 2.08. The Bertz CT molecular complexity index is 765. The van der Waals surface area contributed by atoms with Crippen molar-refractivity contribution in [1.29, 1.82) is 0 Å². The third kappa shape index (κ3) is 2.72. The van der Waals surface area contributed by atoms with Crippen LogP contribution in [0.25, 0.3) is 10.9 Å². The minimum Gasteiger partial charge on any atom is -0.399 e. The van der Waals surface area contributed by atoms with E-state index in [0.717, 1.165) is 28.1 Å². The number of para-hydroxylation sites is 1. The van der Waals surface area contributed by atoms with Crippen molar-refractivity contribution in [3.8, 4) is 0 Å². The van der Waals surface area contributed by atoms with Crippen LogP contribution >= 0.6 is 0 Å². The van der Waals surface area contributed by atoms with Crippen molar-refractivity contribution >= 4 is 34.0 Å². The lowest BCUT2D eigenvalue weighted by molar-refractivity contribution is 1.02. The van der Waals surface area contributed by atoms with Gasteiger partial charge in [-0.2, -0.15) is 4.98 Å². The molecule has 0 spiro atoms. The van der Waals surface area contributed by atoms with E-state index in [4.69, 9.17) is 5.73 Å². The molecule has 1 heterocycles. The first-order valence-corrected chi connectivity index (χ1v) is 6.70. The molecule has 0 amide bonds. The Hall–Kier alpha value is -2.82. The van der Waals surface area contributed by atoms with Gasteiger partial charge in [0.25, 0.3) is 0 Å². The molecule has 0 aliphatic rings. The van der Waals surface area contributed by atoms with Crippen LogP contribution < -0.4 is 16.0 Å². The summed E-state index contributed by atoms with van der Waals surface area (Å²) in [6, 6.07) is 15.5. The van der Waals surface area contributed by atoms with E-state index in [2.05, 4.69) is 15.3 Å². The van der Waals surface area contributed by atoms with Crippen LogP contribution in [-0.2, 0) is 0 Å². The van der Waals surface area contributed by atoms with Gasteiger partial charge in [0.2, 0.25) is 5.95 Å². The number of nitrogens with zero attached hydrogens (tertiary/aromatic N) is 3. The van der Waals surface area contributed by atoms with Crippen molar-refractivity contribution in [2.24, 2.45) is 0 Å². The first-order chi connectivity index (χ1) is 10.1. The Labute approximate surface area is 123 Å². The Morgan fingerprint density at radius 1 is 0.952 bits per heavy atom. The molecule has 3 N–H and O–H groups in total. The first-order valence-electron chi connectivity index (χ1n) is 6.70. The molecule has 0 radical (unpaired) electrons. The van der Waals surface area contributed by atoms with E-state index in [0.29, 0.717) is 5.95 Å². The highest BCUT2D eigenvalue weighted by Crippen LogP contribution is 2.26. The summed E-state index contributed by atoms with van der Waals surface area (Å²) in [6.45, 7) is 0. The standard InChI is InChI=1S/C16H17N5/c1-21(2)16-19-14-6-4-3-5-13(14)15(20-16)18-12-9-7-11(17)8-10-12/h3-10H,17H2,1-2H3,(H,18,19,20). The highest BCUT2D eigenvalue weighted by atomic mass is 15.2. The highest BCUT2D eigenvalue weighted by molar-refractivity contribution is 5.91. The lowest BCUT2D eigenvalue weighted by Crippen LogP contribution is -2.13. The number of hydrogen-bond donors (Lipinski definition) is 2. The zero-order valence-electron chi connectivity index (χ0n) is 12.0. The SMILES string of the molecule is CN(C)c1nc(Nc2ccc(N)cc2)c2ccccc2n1. The molecule has 0 atom stereocenters. The van der Waals surface area contributed by atoms with E-state index < -0.39 is 0 Å². The van der Waals surface area contributed by atoms with Gasteiger partial charge < -0.3 is 16.0 Å². The average molecular weight is 279 g/mol. The first kappa shape index (κ1) is 13.2. The normalized spacial score (nSPS) is 10.6. The van der Waals surface area contributed by atoms with E-state index in [1.807, 2.05) is 67.5 Å². The smallest absolute Gasteiger partial charge is 0.227 e. The maximum absolute atomic E-state index is 5.71. The van der Waals surface area contributed by atoms with Gasteiger partial charge in [-0.05, 0) is 36.4 Å². The largest absolute Gasteiger partial charge is 0.399 e. The molecule has 0 unspecified atom stereocenters. The zero-order chi connectivity index (χ0) is 14.8. The summed E-state index contributed by atoms with van der Waals surface area (Å²) < 4.78 is 0. The summed E-state index contributed by atoms with van der Waals surface area (Å²) in [5.74, 6) is 1.46. The third-order valence-electron chi connectivity index (χ3n) is 3.16. The Morgan fingerprint density at radius 3 is 2.38 bits per heavy atom. The lowest BCUT2D eigenvalue weighted by atomic mass is 10.2. The van der Waals surface area contributed by atoms with Crippen LogP contribution in [-0.4, -0.2) is 24.1 Å².